The van der Waals surface area contributed by atoms with Gasteiger partial charge in [0.15, 0.2) is 0 Å². The van der Waals surface area contributed by atoms with Crippen molar-refractivity contribution in [2.45, 2.75) is 12.5 Å². The van der Waals surface area contributed by atoms with Crippen LogP contribution in [0.2, 0.25) is 0 Å². The molecule has 0 radical (unpaired) electrons. The van der Waals surface area contributed by atoms with Crippen LogP contribution in [0.4, 0.5) is 0 Å². The first-order chi connectivity index (χ1) is 4.70. The monoisotopic (exact) mass is 167 g/mol. The fourth-order valence-corrected chi connectivity index (χ4v) is 1.10. The fraction of sp³-hybridized carbons (Fsp3) is 0.833. The molecule has 0 aromatic heterocycles. The maximum atomic E-state index is 10.2. The van der Waals surface area contributed by atoms with E-state index in [1.807, 2.05) is 0 Å². The van der Waals surface area contributed by atoms with Crippen LogP contribution in [0.3, 0.4) is 0 Å². The van der Waals surface area contributed by atoms with E-state index < -0.39 is 18.0 Å². The summed E-state index contributed by atoms with van der Waals surface area (Å²) in [7, 11) is 0. The van der Waals surface area contributed by atoms with Gasteiger partial charge >= 0.3 is 29.6 Å². The van der Waals surface area contributed by atoms with Gasteiger partial charge in [-0.3, -0.25) is 0 Å². The molecule has 0 aromatic rings. The minimum atomic E-state index is -1.08. The number of carbonyl (C=O) groups is 1. The minimum Gasteiger partial charge on any atom is -0.550 e. The normalized spacial score (nSPS) is 30.6. The first-order valence-corrected chi connectivity index (χ1v) is 3.30. The molecule has 1 fully saturated rings. The molecule has 4 nitrogen and oxygen atoms in total. The Morgan fingerprint density at radius 2 is 2.18 bits per heavy atom. The van der Waals surface area contributed by atoms with Crippen LogP contribution >= 0.6 is 0 Å². The first kappa shape index (κ1) is 11.4. The molecule has 1 aliphatic heterocycles. The van der Waals surface area contributed by atoms with E-state index in [2.05, 4.69) is 5.32 Å². The molecule has 0 amide bonds. The van der Waals surface area contributed by atoms with Crippen molar-refractivity contribution >= 4 is 5.97 Å². The molecule has 5 heteroatoms. The molecule has 1 aliphatic rings. The van der Waals surface area contributed by atoms with Crippen molar-refractivity contribution in [1.82, 2.24) is 5.32 Å². The summed E-state index contributed by atoms with van der Waals surface area (Å²) in [5.74, 6) is -1.60. The van der Waals surface area contributed by atoms with E-state index in [0.717, 1.165) is 0 Å². The molecule has 0 bridgehead atoms. The number of rotatable bonds is 1. The Kier molecular flexibility index (Phi) is 5.29. The van der Waals surface area contributed by atoms with Crippen LogP contribution in [-0.2, 0) is 4.79 Å². The number of aliphatic hydroxyl groups excluding tert-OH is 1. The molecule has 0 spiro atoms. The Balaban J connectivity index is 0.000001000. The smallest absolute Gasteiger partial charge is 0.550 e. The zero-order valence-corrected chi connectivity index (χ0v) is 8.54. The Bertz CT molecular complexity index is 142. The van der Waals surface area contributed by atoms with E-state index in [1.54, 1.807) is 0 Å². The standard InChI is InChI=1S/C6H11NO3.Na/c8-5-1-4(6(9)10)2-7-3-5;/h4-5,7-8H,1-3H2,(H,9,10);/q;+1/p-1/t4-,5+;/m1./s1. The summed E-state index contributed by atoms with van der Waals surface area (Å²) in [5.41, 5.74) is 0. The number of carboxylic acids is 1. The van der Waals surface area contributed by atoms with E-state index in [9.17, 15) is 9.90 Å². The number of carbonyl (C=O) groups excluding carboxylic acids is 1. The second kappa shape index (κ2) is 5.11. The Labute approximate surface area is 87.3 Å². The van der Waals surface area contributed by atoms with E-state index in [0.29, 0.717) is 19.5 Å². The summed E-state index contributed by atoms with van der Waals surface area (Å²) in [6.07, 6.45) is -0.216. The first-order valence-electron chi connectivity index (χ1n) is 3.30. The molecule has 58 valence electrons. The van der Waals surface area contributed by atoms with E-state index in [4.69, 9.17) is 5.11 Å². The predicted molar refractivity (Wildman–Crippen MR) is 32.0 cm³/mol. The largest absolute Gasteiger partial charge is 1.00 e. The average molecular weight is 167 g/mol. The van der Waals surface area contributed by atoms with Crippen LogP contribution in [0.15, 0.2) is 0 Å². The molecule has 1 heterocycles. The van der Waals surface area contributed by atoms with Gasteiger partial charge in [-0.1, -0.05) is 0 Å². The van der Waals surface area contributed by atoms with Gasteiger partial charge in [0.1, 0.15) is 0 Å². The molecule has 1 rings (SSSR count). The molecular formula is C6H10NNaO3. The average Bonchev–Trinajstić information content (AvgIpc) is 1.88. The number of hydrogen-bond acceptors (Lipinski definition) is 4. The number of piperidine rings is 1. The number of aliphatic hydroxyl groups is 1. The Morgan fingerprint density at radius 3 is 2.55 bits per heavy atom. The van der Waals surface area contributed by atoms with Crippen molar-refractivity contribution in [1.29, 1.82) is 0 Å². The van der Waals surface area contributed by atoms with Crippen molar-refractivity contribution in [3.8, 4) is 0 Å². The molecule has 2 N–H and O–H groups in total. The van der Waals surface area contributed by atoms with Crippen LogP contribution in [-0.4, -0.2) is 30.3 Å². The van der Waals surface area contributed by atoms with Gasteiger partial charge in [0.2, 0.25) is 0 Å². The van der Waals surface area contributed by atoms with Crippen molar-refractivity contribution in [2.24, 2.45) is 5.92 Å². The summed E-state index contributed by atoms with van der Waals surface area (Å²) in [6.45, 7) is 0.906. The molecule has 1 saturated heterocycles. The van der Waals surface area contributed by atoms with Crippen LogP contribution in [0, 0.1) is 5.92 Å². The van der Waals surface area contributed by atoms with Crippen molar-refractivity contribution < 1.29 is 44.6 Å². The predicted octanol–water partition coefficient (Wildman–Crippen LogP) is -5.29. The molecule has 0 aliphatic carbocycles. The van der Waals surface area contributed by atoms with E-state index in [-0.39, 0.29) is 29.6 Å². The molecular weight excluding hydrogens is 157 g/mol. The number of carboxylic acid groups (broad SMARTS) is 1. The molecule has 2 atom stereocenters. The van der Waals surface area contributed by atoms with Gasteiger partial charge in [-0.2, -0.15) is 0 Å². The number of β-amino-alcohol motifs (C(OH)–C–C–N with tert-alkyl or cyclic N) is 1. The number of nitrogens with one attached hydrogen (secondary N) is 1. The van der Waals surface area contributed by atoms with Crippen molar-refractivity contribution in [3.63, 3.8) is 0 Å². The van der Waals surface area contributed by atoms with Crippen LogP contribution in [0.1, 0.15) is 6.42 Å². The van der Waals surface area contributed by atoms with Gasteiger partial charge in [-0.25, -0.2) is 0 Å². The van der Waals surface area contributed by atoms with Gasteiger partial charge < -0.3 is 20.3 Å². The van der Waals surface area contributed by atoms with Gasteiger partial charge in [-0.15, -0.1) is 0 Å². The summed E-state index contributed by atoms with van der Waals surface area (Å²) in [4.78, 5) is 10.2. The zero-order chi connectivity index (χ0) is 7.56. The Morgan fingerprint density at radius 1 is 1.55 bits per heavy atom. The second-order valence-corrected chi connectivity index (χ2v) is 2.56. The molecule has 11 heavy (non-hydrogen) atoms. The minimum absolute atomic E-state index is 0. The molecule has 0 saturated carbocycles. The van der Waals surface area contributed by atoms with Gasteiger partial charge in [0.25, 0.3) is 0 Å². The molecule has 0 aromatic carbocycles. The van der Waals surface area contributed by atoms with Gasteiger partial charge in [0.05, 0.1) is 6.10 Å². The van der Waals surface area contributed by atoms with Crippen LogP contribution in [0.25, 0.3) is 0 Å². The summed E-state index contributed by atoms with van der Waals surface area (Å²) < 4.78 is 0. The topological polar surface area (TPSA) is 72.4 Å². The van der Waals surface area contributed by atoms with Crippen molar-refractivity contribution in [2.75, 3.05) is 13.1 Å². The summed E-state index contributed by atoms with van der Waals surface area (Å²) in [6, 6.07) is 0. The van der Waals surface area contributed by atoms with E-state index >= 15 is 0 Å². The fourth-order valence-electron chi connectivity index (χ4n) is 1.10. The maximum Gasteiger partial charge on any atom is 1.00 e. The second-order valence-electron chi connectivity index (χ2n) is 2.56. The van der Waals surface area contributed by atoms with Crippen LogP contribution < -0.4 is 40.0 Å². The summed E-state index contributed by atoms with van der Waals surface area (Å²) >= 11 is 0. The molecule has 0 unspecified atom stereocenters. The van der Waals surface area contributed by atoms with E-state index in [1.165, 1.54) is 0 Å². The maximum absolute atomic E-state index is 10.2. The zero-order valence-electron chi connectivity index (χ0n) is 6.54. The Hall–Kier alpha value is 0.390. The quantitative estimate of drug-likeness (QED) is 0.383. The third-order valence-electron chi connectivity index (χ3n) is 1.66. The number of hydrogen-bond donors (Lipinski definition) is 2. The van der Waals surface area contributed by atoms with Gasteiger partial charge in [-0.05, 0) is 6.42 Å². The number of aliphatic carboxylic acids is 1. The third kappa shape index (κ3) is 3.53. The summed E-state index contributed by atoms with van der Waals surface area (Å²) in [5, 5.41) is 22.0. The van der Waals surface area contributed by atoms with Gasteiger partial charge in [0, 0.05) is 25.0 Å². The van der Waals surface area contributed by atoms with Crippen LogP contribution in [0.5, 0.6) is 0 Å². The third-order valence-corrected chi connectivity index (χ3v) is 1.66. The SMILES string of the molecule is O=C([O-])[C@H]1CNC[C@@H](O)C1.[Na+]. The van der Waals surface area contributed by atoms with Crippen molar-refractivity contribution in [3.05, 3.63) is 0 Å².